The van der Waals surface area contributed by atoms with E-state index < -0.39 is 0 Å². The predicted octanol–water partition coefficient (Wildman–Crippen LogP) is 2.31. The molecule has 0 radical (unpaired) electrons. The number of hydrogen-bond donors (Lipinski definition) is 1. The Morgan fingerprint density at radius 2 is 2.21 bits per heavy atom. The molecule has 1 fully saturated rings. The Kier molecular flexibility index (Phi) is 5.67. The van der Waals surface area contributed by atoms with Crippen LogP contribution in [0.5, 0.6) is 5.75 Å². The lowest BCUT2D eigenvalue weighted by atomic mass is 9.99. The Balaban J connectivity index is 1.66. The molecule has 0 bridgehead atoms. The van der Waals surface area contributed by atoms with Gasteiger partial charge in [0.2, 0.25) is 0 Å². The Morgan fingerprint density at radius 3 is 2.95 bits per heavy atom. The van der Waals surface area contributed by atoms with E-state index in [1.165, 1.54) is 38.0 Å². The highest BCUT2D eigenvalue weighted by Crippen LogP contribution is 2.16. The fraction of sp³-hybridized carbons (Fsp3) is 0.625. The highest BCUT2D eigenvalue weighted by atomic mass is 16.5. The van der Waals surface area contributed by atoms with Crippen molar-refractivity contribution in [3.8, 4) is 5.75 Å². The molecule has 0 aliphatic carbocycles. The molecule has 106 valence electrons. The van der Waals surface area contributed by atoms with Crippen LogP contribution in [-0.2, 0) is 0 Å². The number of benzene rings is 1. The summed E-state index contributed by atoms with van der Waals surface area (Å²) in [7, 11) is 2.19. The van der Waals surface area contributed by atoms with Gasteiger partial charge >= 0.3 is 0 Å². The molecule has 1 unspecified atom stereocenters. The van der Waals surface area contributed by atoms with Gasteiger partial charge in [-0.25, -0.2) is 0 Å². The van der Waals surface area contributed by atoms with Crippen molar-refractivity contribution in [2.24, 2.45) is 5.92 Å². The van der Waals surface area contributed by atoms with Crippen LogP contribution in [0.25, 0.3) is 0 Å². The quantitative estimate of drug-likeness (QED) is 0.851. The Hall–Kier alpha value is -1.06. The highest BCUT2D eigenvalue weighted by Gasteiger charge is 2.14. The Labute approximate surface area is 116 Å². The van der Waals surface area contributed by atoms with Gasteiger partial charge < -0.3 is 15.0 Å². The summed E-state index contributed by atoms with van der Waals surface area (Å²) in [6, 6.07) is 8.21. The van der Waals surface area contributed by atoms with Gasteiger partial charge in [-0.2, -0.15) is 0 Å². The van der Waals surface area contributed by atoms with Gasteiger partial charge in [-0.05, 0) is 57.5 Å². The molecule has 1 atom stereocenters. The number of nitrogens with zero attached hydrogens (tertiary/aromatic N) is 1. The van der Waals surface area contributed by atoms with E-state index in [1.54, 1.807) is 0 Å². The third kappa shape index (κ3) is 4.84. The van der Waals surface area contributed by atoms with Crippen LogP contribution in [0.3, 0.4) is 0 Å². The smallest absolute Gasteiger partial charge is 0.122 e. The normalized spacial score (nSPS) is 19.6. The van der Waals surface area contributed by atoms with Gasteiger partial charge in [-0.3, -0.25) is 0 Å². The molecular formula is C16H26N2O. The molecule has 2 rings (SSSR count). The summed E-state index contributed by atoms with van der Waals surface area (Å²) < 4.78 is 5.84. The lowest BCUT2D eigenvalue weighted by Gasteiger charge is -2.27. The van der Waals surface area contributed by atoms with E-state index in [-0.39, 0.29) is 0 Å². The first-order valence-electron chi connectivity index (χ1n) is 7.33. The van der Waals surface area contributed by atoms with Crippen molar-refractivity contribution >= 4 is 0 Å². The van der Waals surface area contributed by atoms with E-state index in [0.717, 1.165) is 24.8 Å². The van der Waals surface area contributed by atoms with Crippen molar-refractivity contribution in [1.82, 2.24) is 10.2 Å². The van der Waals surface area contributed by atoms with Crippen LogP contribution in [-0.4, -0.2) is 44.7 Å². The zero-order valence-electron chi connectivity index (χ0n) is 12.2. The summed E-state index contributed by atoms with van der Waals surface area (Å²) in [5, 5.41) is 3.47. The minimum atomic E-state index is 0.765. The number of para-hydroxylation sites is 1. The van der Waals surface area contributed by atoms with Gasteiger partial charge in [-0.1, -0.05) is 18.2 Å². The maximum atomic E-state index is 5.84. The molecule has 0 aromatic heterocycles. The summed E-state index contributed by atoms with van der Waals surface area (Å²) >= 11 is 0. The standard InChI is InChI=1S/C16H26N2O/c1-14-6-3-4-8-16(14)19-11-10-18(2)13-15-7-5-9-17-12-15/h3-4,6,8,15,17H,5,7,9-13H2,1-2H3. The minimum absolute atomic E-state index is 0.765. The number of aryl methyl sites for hydroxylation is 1. The van der Waals surface area contributed by atoms with Gasteiger partial charge in [0.15, 0.2) is 0 Å². The van der Waals surface area contributed by atoms with E-state index in [4.69, 9.17) is 4.74 Å². The van der Waals surface area contributed by atoms with Crippen molar-refractivity contribution in [3.63, 3.8) is 0 Å². The molecular weight excluding hydrogens is 236 g/mol. The number of piperidine rings is 1. The molecule has 1 heterocycles. The average Bonchev–Trinajstić information content (AvgIpc) is 2.42. The van der Waals surface area contributed by atoms with Crippen LogP contribution in [0, 0.1) is 12.8 Å². The fourth-order valence-electron chi connectivity index (χ4n) is 2.64. The van der Waals surface area contributed by atoms with Gasteiger partial charge in [-0.15, -0.1) is 0 Å². The number of likely N-dealkylation sites (N-methyl/N-ethyl adjacent to an activating group) is 1. The van der Waals surface area contributed by atoms with E-state index in [9.17, 15) is 0 Å². The monoisotopic (exact) mass is 262 g/mol. The first-order valence-corrected chi connectivity index (χ1v) is 7.33. The van der Waals surface area contributed by atoms with E-state index in [1.807, 2.05) is 18.2 Å². The average molecular weight is 262 g/mol. The second-order valence-electron chi connectivity index (χ2n) is 5.59. The van der Waals surface area contributed by atoms with Crippen molar-refractivity contribution < 1.29 is 4.74 Å². The van der Waals surface area contributed by atoms with Gasteiger partial charge in [0.1, 0.15) is 12.4 Å². The first-order chi connectivity index (χ1) is 9.25. The van der Waals surface area contributed by atoms with Crippen LogP contribution < -0.4 is 10.1 Å². The van der Waals surface area contributed by atoms with E-state index >= 15 is 0 Å². The summed E-state index contributed by atoms with van der Waals surface area (Å²) in [5.41, 5.74) is 1.21. The van der Waals surface area contributed by atoms with Crippen LogP contribution in [0.2, 0.25) is 0 Å². The molecule has 1 aliphatic heterocycles. The molecule has 0 saturated carbocycles. The van der Waals surface area contributed by atoms with E-state index in [0.29, 0.717) is 0 Å². The van der Waals surface area contributed by atoms with Crippen molar-refractivity contribution in [2.75, 3.05) is 39.8 Å². The zero-order chi connectivity index (χ0) is 13.5. The van der Waals surface area contributed by atoms with Crippen LogP contribution >= 0.6 is 0 Å². The summed E-state index contributed by atoms with van der Waals surface area (Å²) in [5.74, 6) is 1.81. The molecule has 3 heteroatoms. The molecule has 19 heavy (non-hydrogen) atoms. The minimum Gasteiger partial charge on any atom is -0.492 e. The van der Waals surface area contributed by atoms with Crippen LogP contribution in [0.4, 0.5) is 0 Å². The largest absolute Gasteiger partial charge is 0.492 e. The first kappa shape index (κ1) is 14.4. The summed E-state index contributed by atoms with van der Waals surface area (Å²) in [6.07, 6.45) is 2.67. The van der Waals surface area contributed by atoms with Crippen LogP contribution in [0.1, 0.15) is 18.4 Å². The maximum absolute atomic E-state index is 5.84. The molecule has 3 nitrogen and oxygen atoms in total. The number of ether oxygens (including phenoxy) is 1. The Morgan fingerprint density at radius 1 is 1.37 bits per heavy atom. The lowest BCUT2D eigenvalue weighted by molar-refractivity contribution is 0.200. The van der Waals surface area contributed by atoms with Crippen molar-refractivity contribution in [2.45, 2.75) is 19.8 Å². The van der Waals surface area contributed by atoms with E-state index in [2.05, 4.69) is 30.3 Å². The van der Waals surface area contributed by atoms with Gasteiger partial charge in [0.05, 0.1) is 0 Å². The molecule has 1 N–H and O–H groups in total. The maximum Gasteiger partial charge on any atom is 0.122 e. The van der Waals surface area contributed by atoms with Crippen molar-refractivity contribution in [1.29, 1.82) is 0 Å². The molecule has 1 saturated heterocycles. The zero-order valence-corrected chi connectivity index (χ0v) is 12.2. The molecule has 0 amide bonds. The second kappa shape index (κ2) is 7.51. The van der Waals surface area contributed by atoms with Crippen molar-refractivity contribution in [3.05, 3.63) is 29.8 Å². The molecule has 1 aromatic rings. The molecule has 0 spiro atoms. The van der Waals surface area contributed by atoms with Crippen LogP contribution in [0.15, 0.2) is 24.3 Å². The molecule has 1 aromatic carbocycles. The summed E-state index contributed by atoms with van der Waals surface area (Å²) in [4.78, 5) is 2.38. The highest BCUT2D eigenvalue weighted by molar-refractivity contribution is 5.31. The fourth-order valence-corrected chi connectivity index (χ4v) is 2.64. The third-order valence-electron chi connectivity index (χ3n) is 3.79. The second-order valence-corrected chi connectivity index (χ2v) is 5.59. The number of hydrogen-bond acceptors (Lipinski definition) is 3. The Bertz CT molecular complexity index is 375. The molecule has 1 aliphatic rings. The SMILES string of the molecule is Cc1ccccc1OCCN(C)CC1CCCNC1. The third-order valence-corrected chi connectivity index (χ3v) is 3.79. The number of rotatable bonds is 6. The van der Waals surface area contributed by atoms with Gasteiger partial charge in [0, 0.05) is 13.1 Å². The lowest BCUT2D eigenvalue weighted by Crippen LogP contribution is -2.38. The topological polar surface area (TPSA) is 24.5 Å². The van der Waals surface area contributed by atoms with Gasteiger partial charge in [0.25, 0.3) is 0 Å². The predicted molar refractivity (Wildman–Crippen MR) is 79.8 cm³/mol. The summed E-state index contributed by atoms with van der Waals surface area (Å²) in [6.45, 7) is 7.38. The number of nitrogens with one attached hydrogen (secondary N) is 1.